The highest BCUT2D eigenvalue weighted by molar-refractivity contribution is 7.15. The highest BCUT2D eigenvalue weighted by Gasteiger charge is 2.53. The summed E-state index contributed by atoms with van der Waals surface area (Å²) in [5.41, 5.74) is -0.0160. The Balaban J connectivity index is 0.000000318. The summed E-state index contributed by atoms with van der Waals surface area (Å²) in [6.45, 7) is 5.37. The van der Waals surface area contributed by atoms with Gasteiger partial charge >= 0.3 is 12.1 Å². The monoisotopic (exact) mass is 446 g/mol. The van der Waals surface area contributed by atoms with Gasteiger partial charge in [-0.25, -0.2) is 4.79 Å². The van der Waals surface area contributed by atoms with Gasteiger partial charge in [-0.15, -0.1) is 10.2 Å². The standard InChI is InChI=1S/C16H20N4O2S.C2HF3O2/c1-12-18-19-15(23-12)20-10-16(11-20)13(5-8-22-16)4-7-21-14-3-2-6-17-9-14;3-2(4,5)1(6)7/h2-3,6,9,13H,4-5,7-8,10-11H2,1H3;(H,6,7). The lowest BCUT2D eigenvalue weighted by Crippen LogP contribution is -2.65. The van der Waals surface area contributed by atoms with Crippen molar-refractivity contribution in [2.45, 2.75) is 31.5 Å². The van der Waals surface area contributed by atoms with E-state index in [9.17, 15) is 13.2 Å². The van der Waals surface area contributed by atoms with Crippen molar-refractivity contribution in [3.05, 3.63) is 29.5 Å². The first-order valence-corrected chi connectivity index (χ1v) is 10.0. The van der Waals surface area contributed by atoms with Crippen molar-refractivity contribution in [1.82, 2.24) is 15.2 Å². The third kappa shape index (κ3) is 5.36. The molecule has 4 heterocycles. The molecule has 1 spiro atoms. The summed E-state index contributed by atoms with van der Waals surface area (Å²) in [5.74, 6) is -1.38. The number of anilines is 1. The maximum atomic E-state index is 10.6. The summed E-state index contributed by atoms with van der Waals surface area (Å²) >= 11 is 1.65. The van der Waals surface area contributed by atoms with Crippen molar-refractivity contribution < 1.29 is 32.5 Å². The maximum Gasteiger partial charge on any atom is 0.490 e. The summed E-state index contributed by atoms with van der Waals surface area (Å²) < 4.78 is 43.6. The minimum absolute atomic E-state index is 0.0160. The third-order valence-corrected chi connectivity index (χ3v) is 5.81. The number of hydrogen-bond acceptors (Lipinski definition) is 8. The second-order valence-corrected chi connectivity index (χ2v) is 8.15. The quantitative estimate of drug-likeness (QED) is 0.749. The zero-order valence-electron chi connectivity index (χ0n) is 16.1. The zero-order valence-corrected chi connectivity index (χ0v) is 16.9. The highest BCUT2D eigenvalue weighted by Crippen LogP contribution is 2.43. The van der Waals surface area contributed by atoms with Gasteiger partial charge in [0.1, 0.15) is 16.4 Å². The zero-order chi connectivity index (χ0) is 21.8. The SMILES string of the molecule is Cc1nnc(N2CC3(C2)OCCC3CCOc2cccnc2)s1.O=C(O)C(F)(F)F. The van der Waals surface area contributed by atoms with Crippen LogP contribution < -0.4 is 9.64 Å². The molecule has 0 radical (unpaired) electrons. The largest absolute Gasteiger partial charge is 0.492 e. The van der Waals surface area contributed by atoms with Crippen LogP contribution in [0.4, 0.5) is 18.3 Å². The van der Waals surface area contributed by atoms with Gasteiger partial charge in [-0.05, 0) is 37.8 Å². The predicted molar refractivity (Wildman–Crippen MR) is 102 cm³/mol. The topological polar surface area (TPSA) is 97.7 Å². The molecule has 0 aromatic carbocycles. The fourth-order valence-electron chi connectivity index (χ4n) is 3.44. The number of rotatable bonds is 5. The molecule has 0 bridgehead atoms. The molecule has 2 saturated heterocycles. The molecule has 30 heavy (non-hydrogen) atoms. The molecule has 164 valence electrons. The number of aryl methyl sites for hydroxylation is 1. The Morgan fingerprint density at radius 2 is 2.17 bits per heavy atom. The Hall–Kier alpha value is -2.47. The molecule has 4 rings (SSSR count). The number of halogens is 3. The molecule has 1 N–H and O–H groups in total. The Labute approximate surface area is 174 Å². The average Bonchev–Trinajstić information content (AvgIpc) is 3.27. The summed E-state index contributed by atoms with van der Waals surface area (Å²) in [4.78, 5) is 15.2. The molecule has 8 nitrogen and oxygen atoms in total. The van der Waals surface area contributed by atoms with E-state index < -0.39 is 12.1 Å². The van der Waals surface area contributed by atoms with E-state index in [-0.39, 0.29) is 5.60 Å². The smallest absolute Gasteiger partial charge is 0.490 e. The molecule has 0 aliphatic carbocycles. The number of nitrogens with zero attached hydrogens (tertiary/aromatic N) is 4. The number of carboxylic acids is 1. The molecule has 2 aromatic rings. The van der Waals surface area contributed by atoms with Crippen LogP contribution in [0.2, 0.25) is 0 Å². The fraction of sp³-hybridized carbons (Fsp3) is 0.556. The van der Waals surface area contributed by atoms with Crippen molar-refractivity contribution in [2.75, 3.05) is 31.2 Å². The Morgan fingerprint density at radius 1 is 1.43 bits per heavy atom. The first-order chi connectivity index (χ1) is 14.2. The number of pyridine rings is 1. The Bertz CT molecular complexity index is 843. The first-order valence-electron chi connectivity index (χ1n) is 9.21. The molecular weight excluding hydrogens is 425 g/mol. The van der Waals surface area contributed by atoms with E-state index in [1.165, 1.54) is 0 Å². The minimum Gasteiger partial charge on any atom is -0.492 e. The van der Waals surface area contributed by atoms with Crippen LogP contribution in [0.15, 0.2) is 24.5 Å². The van der Waals surface area contributed by atoms with Crippen LogP contribution >= 0.6 is 11.3 Å². The second kappa shape index (κ2) is 9.13. The minimum atomic E-state index is -5.08. The van der Waals surface area contributed by atoms with E-state index >= 15 is 0 Å². The first kappa shape index (κ1) is 22.2. The van der Waals surface area contributed by atoms with E-state index in [0.29, 0.717) is 12.5 Å². The Morgan fingerprint density at radius 3 is 2.73 bits per heavy atom. The van der Waals surface area contributed by atoms with Crippen LogP contribution in [0.25, 0.3) is 0 Å². The second-order valence-electron chi connectivity index (χ2n) is 6.99. The molecule has 2 aliphatic rings. The third-order valence-electron chi connectivity index (χ3n) is 4.91. The van der Waals surface area contributed by atoms with E-state index in [2.05, 4.69) is 20.1 Å². The number of alkyl halides is 3. The van der Waals surface area contributed by atoms with Gasteiger partial charge in [0.05, 0.1) is 25.9 Å². The van der Waals surface area contributed by atoms with Crippen LogP contribution in [-0.4, -0.2) is 64.3 Å². The van der Waals surface area contributed by atoms with Gasteiger partial charge in [0.2, 0.25) is 5.13 Å². The van der Waals surface area contributed by atoms with Crippen LogP contribution in [-0.2, 0) is 9.53 Å². The van der Waals surface area contributed by atoms with Crippen molar-refractivity contribution in [2.24, 2.45) is 5.92 Å². The van der Waals surface area contributed by atoms with E-state index in [0.717, 1.165) is 48.4 Å². The number of aliphatic carboxylic acids is 1. The maximum absolute atomic E-state index is 10.6. The summed E-state index contributed by atoms with van der Waals surface area (Å²) in [6, 6.07) is 3.83. The van der Waals surface area contributed by atoms with Gasteiger partial charge in [0, 0.05) is 12.8 Å². The van der Waals surface area contributed by atoms with E-state index in [1.54, 1.807) is 23.7 Å². The van der Waals surface area contributed by atoms with E-state index in [1.807, 2.05) is 19.1 Å². The molecule has 12 heteroatoms. The van der Waals surface area contributed by atoms with E-state index in [4.69, 9.17) is 19.4 Å². The fourth-order valence-corrected chi connectivity index (χ4v) is 4.13. The van der Waals surface area contributed by atoms with Gasteiger partial charge < -0.3 is 19.5 Å². The summed E-state index contributed by atoms with van der Waals surface area (Å²) in [6.07, 6.45) is 0.547. The highest BCUT2D eigenvalue weighted by atomic mass is 32.1. The lowest BCUT2D eigenvalue weighted by atomic mass is 9.79. The lowest BCUT2D eigenvalue weighted by molar-refractivity contribution is -0.192. The molecule has 1 atom stereocenters. The van der Waals surface area contributed by atoms with Crippen LogP contribution in [0.1, 0.15) is 17.8 Å². The lowest BCUT2D eigenvalue weighted by Gasteiger charge is -2.50. The number of ether oxygens (including phenoxy) is 2. The molecule has 0 saturated carbocycles. The molecule has 2 aliphatic heterocycles. The normalized spacial score (nSPS) is 19.7. The number of aromatic nitrogens is 3. The van der Waals surface area contributed by atoms with Gasteiger partial charge in [-0.2, -0.15) is 13.2 Å². The Kier molecular flexibility index (Phi) is 6.76. The molecule has 2 aromatic heterocycles. The number of carbonyl (C=O) groups is 1. The van der Waals surface area contributed by atoms with Crippen LogP contribution in [0.5, 0.6) is 5.75 Å². The van der Waals surface area contributed by atoms with Gasteiger partial charge in [-0.1, -0.05) is 11.3 Å². The van der Waals surface area contributed by atoms with Gasteiger partial charge in [-0.3, -0.25) is 4.98 Å². The average molecular weight is 446 g/mol. The van der Waals surface area contributed by atoms with Crippen molar-refractivity contribution in [1.29, 1.82) is 0 Å². The van der Waals surface area contributed by atoms with Crippen molar-refractivity contribution in [3.63, 3.8) is 0 Å². The number of carboxylic acid groups (broad SMARTS) is 1. The van der Waals surface area contributed by atoms with Crippen molar-refractivity contribution in [3.8, 4) is 5.75 Å². The molecular formula is C18H21F3N4O4S. The molecule has 2 fully saturated rings. The van der Waals surface area contributed by atoms with Crippen LogP contribution in [0.3, 0.4) is 0 Å². The number of hydrogen-bond donors (Lipinski definition) is 1. The molecule has 1 unspecified atom stereocenters. The van der Waals surface area contributed by atoms with Gasteiger partial charge in [0.15, 0.2) is 0 Å². The summed E-state index contributed by atoms with van der Waals surface area (Å²) in [7, 11) is 0. The van der Waals surface area contributed by atoms with Crippen molar-refractivity contribution >= 4 is 22.4 Å². The molecule has 0 amide bonds. The predicted octanol–water partition coefficient (Wildman–Crippen LogP) is 2.94. The van der Waals surface area contributed by atoms with Crippen LogP contribution in [0, 0.1) is 12.8 Å². The van der Waals surface area contributed by atoms with Gasteiger partial charge in [0.25, 0.3) is 0 Å². The summed E-state index contributed by atoms with van der Waals surface area (Å²) in [5, 5.41) is 17.5.